The number of anilines is 1. The Morgan fingerprint density at radius 1 is 1.44 bits per heavy atom. The van der Waals surface area contributed by atoms with Gasteiger partial charge >= 0.3 is 0 Å². The zero-order chi connectivity index (χ0) is 19.4. The van der Waals surface area contributed by atoms with E-state index in [0.717, 1.165) is 31.6 Å². The maximum atomic E-state index is 12.6. The predicted octanol–water partition coefficient (Wildman–Crippen LogP) is 2.94. The minimum Gasteiger partial charge on any atom is -0.375 e. The first-order valence-electron chi connectivity index (χ1n) is 9.50. The van der Waals surface area contributed by atoms with Gasteiger partial charge in [0, 0.05) is 31.3 Å². The molecule has 0 aliphatic carbocycles. The van der Waals surface area contributed by atoms with Crippen LogP contribution in [0.4, 0.5) is 5.95 Å². The fourth-order valence-electron chi connectivity index (χ4n) is 3.57. The number of nitrogens with zero attached hydrogens (tertiary/aromatic N) is 4. The van der Waals surface area contributed by atoms with Crippen LogP contribution in [0.25, 0.3) is 0 Å². The summed E-state index contributed by atoms with van der Waals surface area (Å²) in [4.78, 5) is 19.0. The highest BCUT2D eigenvalue weighted by atomic mass is 16.5. The summed E-state index contributed by atoms with van der Waals surface area (Å²) >= 11 is 0. The SMILES string of the molecule is CCn1ncnc1NC(=O)c1cccc(CN(C)[C@@H]2CCOC(C)(C)C2)c1. The first kappa shape index (κ1) is 19.5. The third-order valence-corrected chi connectivity index (χ3v) is 5.06. The summed E-state index contributed by atoms with van der Waals surface area (Å²) in [6, 6.07) is 8.24. The molecular weight excluding hydrogens is 342 g/mol. The second-order valence-electron chi connectivity index (χ2n) is 7.72. The molecular formula is C20H29N5O2. The Balaban J connectivity index is 1.65. The van der Waals surface area contributed by atoms with Gasteiger partial charge in [-0.2, -0.15) is 10.1 Å². The molecule has 7 heteroatoms. The summed E-state index contributed by atoms with van der Waals surface area (Å²) in [5.74, 6) is 0.295. The van der Waals surface area contributed by atoms with Crippen molar-refractivity contribution in [2.24, 2.45) is 0 Å². The molecule has 1 aliphatic rings. The Morgan fingerprint density at radius 2 is 2.26 bits per heavy atom. The summed E-state index contributed by atoms with van der Waals surface area (Å²) in [5.41, 5.74) is 1.67. The first-order chi connectivity index (χ1) is 12.9. The lowest BCUT2D eigenvalue weighted by molar-refractivity contribution is -0.0809. The number of aryl methyl sites for hydroxylation is 1. The van der Waals surface area contributed by atoms with Crippen LogP contribution >= 0.6 is 0 Å². The molecule has 2 heterocycles. The van der Waals surface area contributed by atoms with Crippen molar-refractivity contribution >= 4 is 11.9 Å². The first-order valence-corrected chi connectivity index (χ1v) is 9.50. The smallest absolute Gasteiger partial charge is 0.258 e. The normalized spacial score (nSPS) is 19.2. The highest BCUT2D eigenvalue weighted by Gasteiger charge is 2.30. The molecule has 1 fully saturated rings. The van der Waals surface area contributed by atoms with Crippen LogP contribution < -0.4 is 5.32 Å². The molecule has 1 aromatic carbocycles. The second-order valence-corrected chi connectivity index (χ2v) is 7.72. The van der Waals surface area contributed by atoms with Gasteiger partial charge in [0.15, 0.2) is 0 Å². The van der Waals surface area contributed by atoms with Gasteiger partial charge < -0.3 is 4.74 Å². The molecule has 0 saturated carbocycles. The van der Waals surface area contributed by atoms with Crippen molar-refractivity contribution in [3.05, 3.63) is 41.7 Å². The van der Waals surface area contributed by atoms with Crippen LogP contribution in [0.15, 0.2) is 30.6 Å². The van der Waals surface area contributed by atoms with E-state index >= 15 is 0 Å². The minimum absolute atomic E-state index is 0.0753. The number of rotatable bonds is 6. The van der Waals surface area contributed by atoms with E-state index in [4.69, 9.17) is 4.74 Å². The number of aromatic nitrogens is 3. The molecule has 1 saturated heterocycles. The average molecular weight is 371 g/mol. The minimum atomic E-state index is -0.172. The number of carbonyl (C=O) groups is 1. The van der Waals surface area contributed by atoms with E-state index in [1.54, 1.807) is 4.68 Å². The Hall–Kier alpha value is -2.25. The van der Waals surface area contributed by atoms with Crippen molar-refractivity contribution in [1.29, 1.82) is 0 Å². The van der Waals surface area contributed by atoms with Gasteiger partial charge in [-0.15, -0.1) is 0 Å². The van der Waals surface area contributed by atoms with E-state index in [0.29, 0.717) is 24.1 Å². The quantitative estimate of drug-likeness (QED) is 0.845. The van der Waals surface area contributed by atoms with Gasteiger partial charge in [-0.1, -0.05) is 12.1 Å². The maximum absolute atomic E-state index is 12.6. The van der Waals surface area contributed by atoms with E-state index in [1.165, 1.54) is 6.33 Å². The zero-order valence-electron chi connectivity index (χ0n) is 16.6. The molecule has 0 radical (unpaired) electrons. The third-order valence-electron chi connectivity index (χ3n) is 5.06. The lowest BCUT2D eigenvalue weighted by Crippen LogP contribution is -2.44. The molecule has 27 heavy (non-hydrogen) atoms. The van der Waals surface area contributed by atoms with E-state index in [1.807, 2.05) is 25.1 Å². The molecule has 146 valence electrons. The van der Waals surface area contributed by atoms with Gasteiger partial charge in [-0.05, 0) is 58.4 Å². The largest absolute Gasteiger partial charge is 0.375 e. The van der Waals surface area contributed by atoms with Gasteiger partial charge in [0.05, 0.1) is 5.60 Å². The number of hydrogen-bond acceptors (Lipinski definition) is 5. The number of benzene rings is 1. The highest BCUT2D eigenvalue weighted by Crippen LogP contribution is 2.27. The molecule has 0 bridgehead atoms. The number of amides is 1. The van der Waals surface area contributed by atoms with Crippen molar-refractivity contribution in [2.45, 2.75) is 58.3 Å². The lowest BCUT2D eigenvalue weighted by atomic mass is 9.93. The van der Waals surface area contributed by atoms with Gasteiger partial charge in [0.25, 0.3) is 5.91 Å². The molecule has 1 aromatic heterocycles. The van der Waals surface area contributed by atoms with Crippen molar-refractivity contribution < 1.29 is 9.53 Å². The van der Waals surface area contributed by atoms with Crippen molar-refractivity contribution in [2.75, 3.05) is 19.0 Å². The van der Waals surface area contributed by atoms with Crippen LogP contribution in [-0.4, -0.2) is 50.9 Å². The number of ether oxygens (including phenoxy) is 1. The van der Waals surface area contributed by atoms with E-state index in [2.05, 4.69) is 47.3 Å². The molecule has 7 nitrogen and oxygen atoms in total. The Kier molecular flexibility index (Phi) is 5.92. The zero-order valence-corrected chi connectivity index (χ0v) is 16.6. The molecule has 1 N–H and O–H groups in total. The molecule has 3 rings (SSSR count). The number of nitrogens with one attached hydrogen (secondary N) is 1. The molecule has 1 amide bonds. The summed E-state index contributed by atoms with van der Waals surface area (Å²) in [6.45, 7) is 8.50. The van der Waals surface area contributed by atoms with Crippen LogP contribution in [0.1, 0.15) is 49.5 Å². The fourth-order valence-corrected chi connectivity index (χ4v) is 3.57. The van der Waals surface area contributed by atoms with Crippen LogP contribution in [0.2, 0.25) is 0 Å². The van der Waals surface area contributed by atoms with Gasteiger partial charge in [0.2, 0.25) is 5.95 Å². The molecule has 0 unspecified atom stereocenters. The topological polar surface area (TPSA) is 72.3 Å². The average Bonchev–Trinajstić information content (AvgIpc) is 3.08. The van der Waals surface area contributed by atoms with Gasteiger partial charge in [-0.25, -0.2) is 4.68 Å². The van der Waals surface area contributed by atoms with E-state index in [-0.39, 0.29) is 11.5 Å². The summed E-state index contributed by atoms with van der Waals surface area (Å²) in [6.07, 6.45) is 3.49. The monoisotopic (exact) mass is 371 g/mol. The predicted molar refractivity (Wildman–Crippen MR) is 105 cm³/mol. The van der Waals surface area contributed by atoms with E-state index < -0.39 is 0 Å². The maximum Gasteiger partial charge on any atom is 0.258 e. The van der Waals surface area contributed by atoms with Crippen LogP contribution in [0, 0.1) is 0 Å². The van der Waals surface area contributed by atoms with Crippen LogP contribution in [0.3, 0.4) is 0 Å². The second kappa shape index (κ2) is 8.19. The fraction of sp³-hybridized carbons (Fsp3) is 0.550. The summed E-state index contributed by atoms with van der Waals surface area (Å²) in [7, 11) is 2.14. The molecule has 1 atom stereocenters. The van der Waals surface area contributed by atoms with Crippen molar-refractivity contribution in [3.63, 3.8) is 0 Å². The summed E-state index contributed by atoms with van der Waals surface area (Å²) < 4.78 is 7.48. The molecule has 0 spiro atoms. The van der Waals surface area contributed by atoms with Crippen LogP contribution in [-0.2, 0) is 17.8 Å². The Labute approximate surface area is 160 Å². The van der Waals surface area contributed by atoms with E-state index in [9.17, 15) is 4.79 Å². The Morgan fingerprint density at radius 3 is 3.00 bits per heavy atom. The molecule has 1 aliphatic heterocycles. The van der Waals surface area contributed by atoms with Crippen LogP contribution in [0.5, 0.6) is 0 Å². The third kappa shape index (κ3) is 4.93. The van der Waals surface area contributed by atoms with Crippen molar-refractivity contribution in [1.82, 2.24) is 19.7 Å². The van der Waals surface area contributed by atoms with Gasteiger partial charge in [0.1, 0.15) is 6.33 Å². The highest BCUT2D eigenvalue weighted by molar-refractivity contribution is 6.03. The standard InChI is InChI=1S/C20H29N5O2/c1-5-25-19(21-14-22-25)23-18(26)16-8-6-7-15(11-16)13-24(4)17-9-10-27-20(2,3)12-17/h6-8,11,14,17H,5,9-10,12-13H2,1-4H3,(H,21,22,23,26)/t17-/m1/s1. The Bertz CT molecular complexity index is 786. The van der Waals surface area contributed by atoms with Gasteiger partial charge in [-0.3, -0.25) is 15.0 Å². The van der Waals surface area contributed by atoms with Crippen molar-refractivity contribution in [3.8, 4) is 0 Å². The molecule has 2 aromatic rings. The summed E-state index contributed by atoms with van der Waals surface area (Å²) in [5, 5.41) is 6.91. The lowest BCUT2D eigenvalue weighted by Gasteiger charge is -2.39. The number of hydrogen-bond donors (Lipinski definition) is 1. The number of carbonyl (C=O) groups excluding carboxylic acids is 1.